The maximum atomic E-state index is 12.5. The van der Waals surface area contributed by atoms with E-state index < -0.39 is 0 Å². The van der Waals surface area contributed by atoms with Crippen molar-refractivity contribution in [1.29, 1.82) is 0 Å². The summed E-state index contributed by atoms with van der Waals surface area (Å²) in [5, 5.41) is 1.85. The smallest absolute Gasteiger partial charge is 0.235 e. The van der Waals surface area contributed by atoms with Gasteiger partial charge in [-0.05, 0) is 44.4 Å². The van der Waals surface area contributed by atoms with Gasteiger partial charge in [0.05, 0.1) is 17.4 Å². The maximum Gasteiger partial charge on any atom is 0.235 e. The Bertz CT molecular complexity index is 726. The lowest BCUT2D eigenvalue weighted by Crippen LogP contribution is -2.34. The van der Waals surface area contributed by atoms with Gasteiger partial charge in [-0.15, -0.1) is 0 Å². The zero-order valence-electron chi connectivity index (χ0n) is 13.8. The Balaban J connectivity index is 1.86. The molecule has 3 rings (SSSR count). The fraction of sp³-hybridized carbons (Fsp3) is 0.444. The molecular formula is C18H22N2O2S. The van der Waals surface area contributed by atoms with Crippen LogP contribution in [-0.2, 0) is 4.79 Å². The fourth-order valence-corrected chi connectivity index (χ4v) is 4.01. The van der Waals surface area contributed by atoms with Crippen LogP contribution in [0, 0.1) is 6.92 Å². The number of fused-ring (bicyclic) bond motifs is 1. The van der Waals surface area contributed by atoms with Gasteiger partial charge in [0, 0.05) is 18.5 Å². The van der Waals surface area contributed by atoms with E-state index in [0.717, 1.165) is 53.2 Å². The fourth-order valence-electron chi connectivity index (χ4n) is 3.01. The van der Waals surface area contributed by atoms with Gasteiger partial charge in [-0.25, -0.2) is 4.98 Å². The molecule has 2 heterocycles. The van der Waals surface area contributed by atoms with Crippen LogP contribution >= 0.6 is 11.8 Å². The third-order valence-electron chi connectivity index (χ3n) is 4.27. The van der Waals surface area contributed by atoms with E-state index in [4.69, 9.17) is 9.72 Å². The minimum absolute atomic E-state index is 0.118. The predicted octanol–water partition coefficient (Wildman–Crippen LogP) is 3.65. The first-order valence-corrected chi connectivity index (χ1v) is 8.88. The summed E-state index contributed by atoms with van der Waals surface area (Å²) >= 11 is 1.53. The van der Waals surface area contributed by atoms with Crippen LogP contribution in [0.15, 0.2) is 29.3 Å². The van der Waals surface area contributed by atoms with Crippen LogP contribution in [0.4, 0.5) is 0 Å². The number of para-hydroxylation sites is 1. The average Bonchev–Trinajstić information content (AvgIpc) is 3.08. The molecule has 0 radical (unpaired) electrons. The molecule has 0 spiro atoms. The molecular weight excluding hydrogens is 308 g/mol. The standard InChI is InChI=1S/C18H22N2O2S/c1-12-11-16(19-17-14(12)7-6-8-15(17)22-3)23-13(2)18(21)20-9-4-5-10-20/h6-8,11,13H,4-5,9-10H2,1-3H3. The summed E-state index contributed by atoms with van der Waals surface area (Å²) in [6.45, 7) is 5.82. The first-order chi connectivity index (χ1) is 11.1. The van der Waals surface area contributed by atoms with E-state index in [9.17, 15) is 4.79 Å². The molecule has 1 amide bonds. The minimum atomic E-state index is -0.118. The molecule has 1 atom stereocenters. The van der Waals surface area contributed by atoms with Gasteiger partial charge in [0.25, 0.3) is 0 Å². The lowest BCUT2D eigenvalue weighted by Gasteiger charge is -2.20. The van der Waals surface area contributed by atoms with Gasteiger partial charge >= 0.3 is 0 Å². The number of methoxy groups -OCH3 is 1. The SMILES string of the molecule is COc1cccc2c(C)cc(SC(C)C(=O)N3CCCC3)nc12. The molecule has 0 N–H and O–H groups in total. The van der Waals surface area contributed by atoms with Crippen LogP contribution in [0.2, 0.25) is 0 Å². The molecule has 1 fully saturated rings. The first-order valence-electron chi connectivity index (χ1n) is 8.00. The Morgan fingerprint density at radius 2 is 2.09 bits per heavy atom. The molecule has 23 heavy (non-hydrogen) atoms. The molecule has 5 heteroatoms. The van der Waals surface area contributed by atoms with Crippen molar-refractivity contribution >= 4 is 28.6 Å². The Morgan fingerprint density at radius 3 is 2.78 bits per heavy atom. The topological polar surface area (TPSA) is 42.4 Å². The number of nitrogens with zero attached hydrogens (tertiary/aromatic N) is 2. The lowest BCUT2D eigenvalue weighted by atomic mass is 10.1. The van der Waals surface area contributed by atoms with E-state index in [1.54, 1.807) is 7.11 Å². The van der Waals surface area contributed by atoms with Crippen molar-refractivity contribution < 1.29 is 9.53 Å². The van der Waals surface area contributed by atoms with Gasteiger partial charge in [-0.2, -0.15) is 0 Å². The van der Waals surface area contributed by atoms with Crippen molar-refractivity contribution in [2.24, 2.45) is 0 Å². The number of ether oxygens (including phenoxy) is 1. The zero-order chi connectivity index (χ0) is 16.4. The van der Waals surface area contributed by atoms with Crippen molar-refractivity contribution in [3.8, 4) is 5.75 Å². The molecule has 1 aliphatic rings. The van der Waals surface area contributed by atoms with E-state index in [1.807, 2.05) is 30.0 Å². The van der Waals surface area contributed by atoms with Crippen LogP contribution in [0.1, 0.15) is 25.3 Å². The van der Waals surface area contributed by atoms with Gasteiger partial charge in [0.2, 0.25) is 5.91 Å². The van der Waals surface area contributed by atoms with Gasteiger partial charge < -0.3 is 9.64 Å². The summed E-state index contributed by atoms with van der Waals surface area (Å²) in [6.07, 6.45) is 2.24. The van der Waals surface area contributed by atoms with Crippen molar-refractivity contribution in [3.63, 3.8) is 0 Å². The predicted molar refractivity (Wildman–Crippen MR) is 94.2 cm³/mol. The molecule has 122 valence electrons. The Morgan fingerprint density at radius 1 is 1.35 bits per heavy atom. The van der Waals surface area contributed by atoms with Crippen LogP contribution in [0.3, 0.4) is 0 Å². The normalized spacial score (nSPS) is 15.9. The van der Waals surface area contributed by atoms with E-state index >= 15 is 0 Å². The quantitative estimate of drug-likeness (QED) is 0.803. The first kappa shape index (κ1) is 16.1. The van der Waals surface area contributed by atoms with E-state index in [2.05, 4.69) is 13.0 Å². The van der Waals surface area contributed by atoms with E-state index in [-0.39, 0.29) is 11.2 Å². The highest BCUT2D eigenvalue weighted by Crippen LogP contribution is 2.31. The van der Waals surface area contributed by atoms with E-state index in [0.29, 0.717) is 0 Å². The Kier molecular flexibility index (Phi) is 4.76. The van der Waals surface area contributed by atoms with Crippen molar-refractivity contribution in [2.45, 2.75) is 37.0 Å². The molecule has 4 nitrogen and oxygen atoms in total. The molecule has 1 aromatic carbocycles. The van der Waals surface area contributed by atoms with Crippen LogP contribution in [-0.4, -0.2) is 41.2 Å². The minimum Gasteiger partial charge on any atom is -0.494 e. The summed E-state index contributed by atoms with van der Waals surface area (Å²) in [5.74, 6) is 0.985. The molecule has 1 saturated heterocycles. The number of aromatic nitrogens is 1. The number of likely N-dealkylation sites (tertiary alicyclic amines) is 1. The number of hydrogen-bond acceptors (Lipinski definition) is 4. The zero-order valence-corrected chi connectivity index (χ0v) is 14.7. The molecule has 0 aliphatic carbocycles. The monoisotopic (exact) mass is 330 g/mol. The number of aryl methyl sites for hydroxylation is 1. The van der Waals surface area contributed by atoms with Crippen LogP contribution in [0.25, 0.3) is 10.9 Å². The van der Waals surface area contributed by atoms with Crippen LogP contribution < -0.4 is 4.74 Å². The number of carbonyl (C=O) groups is 1. The summed E-state index contributed by atoms with van der Waals surface area (Å²) in [5.41, 5.74) is 2.01. The second-order valence-electron chi connectivity index (χ2n) is 5.93. The number of pyridine rings is 1. The average molecular weight is 330 g/mol. The van der Waals surface area contributed by atoms with Gasteiger partial charge in [-0.1, -0.05) is 23.9 Å². The number of thioether (sulfide) groups is 1. The number of amides is 1. The molecule has 1 aromatic heterocycles. The second-order valence-corrected chi connectivity index (χ2v) is 7.29. The summed E-state index contributed by atoms with van der Waals surface area (Å²) in [7, 11) is 1.66. The molecule has 1 unspecified atom stereocenters. The number of carbonyl (C=O) groups excluding carboxylic acids is 1. The maximum absolute atomic E-state index is 12.5. The lowest BCUT2D eigenvalue weighted by molar-refractivity contribution is -0.129. The molecule has 1 aliphatic heterocycles. The van der Waals surface area contributed by atoms with Crippen molar-refractivity contribution in [1.82, 2.24) is 9.88 Å². The van der Waals surface area contributed by atoms with Crippen molar-refractivity contribution in [3.05, 3.63) is 29.8 Å². The van der Waals surface area contributed by atoms with Gasteiger partial charge in [0.15, 0.2) is 0 Å². The summed E-state index contributed by atoms with van der Waals surface area (Å²) in [4.78, 5) is 19.2. The summed E-state index contributed by atoms with van der Waals surface area (Å²) in [6, 6.07) is 8.00. The largest absolute Gasteiger partial charge is 0.494 e. The molecule has 2 aromatic rings. The number of benzene rings is 1. The third kappa shape index (κ3) is 3.29. The highest BCUT2D eigenvalue weighted by Gasteiger charge is 2.24. The highest BCUT2D eigenvalue weighted by atomic mass is 32.2. The summed E-state index contributed by atoms with van der Waals surface area (Å²) < 4.78 is 5.42. The Hall–Kier alpha value is -1.75. The van der Waals surface area contributed by atoms with Gasteiger partial charge in [-0.3, -0.25) is 4.79 Å². The number of hydrogen-bond donors (Lipinski definition) is 0. The molecule has 0 saturated carbocycles. The van der Waals surface area contributed by atoms with E-state index in [1.165, 1.54) is 11.8 Å². The highest BCUT2D eigenvalue weighted by molar-refractivity contribution is 8.00. The Labute approximate surface area is 141 Å². The second kappa shape index (κ2) is 6.79. The molecule has 0 bridgehead atoms. The third-order valence-corrected chi connectivity index (χ3v) is 5.27. The van der Waals surface area contributed by atoms with Gasteiger partial charge in [0.1, 0.15) is 11.3 Å². The number of rotatable bonds is 4. The van der Waals surface area contributed by atoms with Crippen LogP contribution in [0.5, 0.6) is 5.75 Å². The van der Waals surface area contributed by atoms with Crippen molar-refractivity contribution in [2.75, 3.05) is 20.2 Å².